The molecule has 1 aromatic heterocycles. The zero-order valence-electron chi connectivity index (χ0n) is 11.5. The Balaban J connectivity index is 2.04. The maximum Gasteiger partial charge on any atom is 0.339 e. The van der Waals surface area contributed by atoms with Crippen molar-refractivity contribution >= 4 is 11.9 Å². The minimum Gasteiger partial charge on any atom is -0.478 e. The summed E-state index contributed by atoms with van der Waals surface area (Å²) in [6.45, 7) is 8.84. The zero-order valence-corrected chi connectivity index (χ0v) is 11.5. The van der Waals surface area contributed by atoms with Crippen molar-refractivity contribution in [2.45, 2.75) is 20.3 Å². The minimum absolute atomic E-state index is 0.174. The highest BCUT2D eigenvalue weighted by Gasteiger charge is 2.19. The van der Waals surface area contributed by atoms with Gasteiger partial charge in [0, 0.05) is 32.4 Å². The van der Waals surface area contributed by atoms with E-state index in [0.717, 1.165) is 32.7 Å². The molecule has 1 aliphatic rings. The van der Waals surface area contributed by atoms with E-state index in [1.165, 1.54) is 12.6 Å². The van der Waals surface area contributed by atoms with Crippen molar-refractivity contribution in [1.29, 1.82) is 0 Å². The molecule has 0 unspecified atom stereocenters. The van der Waals surface area contributed by atoms with E-state index in [2.05, 4.69) is 26.7 Å². The van der Waals surface area contributed by atoms with E-state index in [-0.39, 0.29) is 5.56 Å². The summed E-state index contributed by atoms with van der Waals surface area (Å²) < 4.78 is 0. The Morgan fingerprint density at radius 2 is 2.05 bits per heavy atom. The number of nitrogens with zero attached hydrogens (tertiary/aromatic N) is 4. The maximum absolute atomic E-state index is 10.9. The summed E-state index contributed by atoms with van der Waals surface area (Å²) in [4.78, 5) is 23.9. The largest absolute Gasteiger partial charge is 0.478 e. The third kappa shape index (κ3) is 3.20. The van der Waals surface area contributed by atoms with E-state index in [1.54, 1.807) is 6.92 Å². The Labute approximate surface area is 113 Å². The zero-order chi connectivity index (χ0) is 13.8. The first kappa shape index (κ1) is 13.7. The predicted molar refractivity (Wildman–Crippen MR) is 72.7 cm³/mol. The quantitative estimate of drug-likeness (QED) is 0.875. The number of hydrogen-bond donors (Lipinski definition) is 1. The SMILES string of the molecule is CCCN1CCN(c2ncc(C(=O)O)c(C)n2)CC1. The molecular formula is C13H20N4O2. The van der Waals surface area contributed by atoms with E-state index < -0.39 is 5.97 Å². The Kier molecular flexibility index (Phi) is 4.31. The van der Waals surface area contributed by atoms with Crippen LogP contribution in [0.4, 0.5) is 5.95 Å². The van der Waals surface area contributed by atoms with Crippen molar-refractivity contribution in [2.75, 3.05) is 37.6 Å². The number of aryl methyl sites for hydroxylation is 1. The highest BCUT2D eigenvalue weighted by molar-refractivity contribution is 5.88. The number of rotatable bonds is 4. The number of aromatic nitrogens is 2. The molecule has 1 aliphatic heterocycles. The molecule has 0 bridgehead atoms. The Morgan fingerprint density at radius 1 is 1.37 bits per heavy atom. The van der Waals surface area contributed by atoms with E-state index in [1.807, 2.05) is 0 Å². The van der Waals surface area contributed by atoms with Crippen molar-refractivity contribution in [2.24, 2.45) is 0 Å². The van der Waals surface area contributed by atoms with Crippen LogP contribution in [0.3, 0.4) is 0 Å². The van der Waals surface area contributed by atoms with Crippen LogP contribution in [0.15, 0.2) is 6.20 Å². The van der Waals surface area contributed by atoms with Gasteiger partial charge in [-0.25, -0.2) is 14.8 Å². The van der Waals surface area contributed by atoms with Gasteiger partial charge in [0.1, 0.15) is 0 Å². The third-order valence-electron chi connectivity index (χ3n) is 3.39. The molecule has 19 heavy (non-hydrogen) atoms. The lowest BCUT2D eigenvalue weighted by atomic mass is 10.2. The van der Waals surface area contributed by atoms with E-state index >= 15 is 0 Å². The fourth-order valence-corrected chi connectivity index (χ4v) is 2.30. The second-order valence-corrected chi connectivity index (χ2v) is 4.80. The molecule has 2 rings (SSSR count). The molecule has 0 amide bonds. The summed E-state index contributed by atoms with van der Waals surface area (Å²) in [6, 6.07) is 0. The number of hydrogen-bond acceptors (Lipinski definition) is 5. The van der Waals surface area contributed by atoms with Crippen LogP contribution in [-0.2, 0) is 0 Å². The van der Waals surface area contributed by atoms with Gasteiger partial charge in [-0.3, -0.25) is 4.90 Å². The van der Waals surface area contributed by atoms with Crippen LogP contribution < -0.4 is 4.90 Å². The fraction of sp³-hybridized carbons (Fsp3) is 0.615. The second kappa shape index (κ2) is 5.97. The molecule has 6 nitrogen and oxygen atoms in total. The lowest BCUT2D eigenvalue weighted by molar-refractivity contribution is 0.0695. The molecule has 0 atom stereocenters. The molecule has 0 aliphatic carbocycles. The molecule has 0 aromatic carbocycles. The van der Waals surface area contributed by atoms with Crippen molar-refractivity contribution in [3.63, 3.8) is 0 Å². The number of carboxylic acid groups (broad SMARTS) is 1. The smallest absolute Gasteiger partial charge is 0.339 e. The van der Waals surface area contributed by atoms with E-state index in [4.69, 9.17) is 5.11 Å². The monoisotopic (exact) mass is 264 g/mol. The van der Waals surface area contributed by atoms with Crippen LogP contribution >= 0.6 is 0 Å². The number of carboxylic acids is 1. The van der Waals surface area contributed by atoms with Gasteiger partial charge in [0.15, 0.2) is 0 Å². The number of carbonyl (C=O) groups is 1. The highest BCUT2D eigenvalue weighted by Crippen LogP contribution is 2.13. The van der Waals surface area contributed by atoms with Gasteiger partial charge in [0.2, 0.25) is 5.95 Å². The van der Waals surface area contributed by atoms with Crippen molar-refractivity contribution in [3.05, 3.63) is 17.5 Å². The first-order chi connectivity index (χ1) is 9.11. The first-order valence-corrected chi connectivity index (χ1v) is 6.66. The number of piperazine rings is 1. The average Bonchev–Trinajstić information content (AvgIpc) is 2.39. The van der Waals surface area contributed by atoms with Crippen LogP contribution in [0.25, 0.3) is 0 Å². The summed E-state index contributed by atoms with van der Waals surface area (Å²) in [7, 11) is 0. The van der Waals surface area contributed by atoms with Gasteiger partial charge in [-0.1, -0.05) is 6.92 Å². The summed E-state index contributed by atoms with van der Waals surface area (Å²) in [5.74, 6) is -0.338. The maximum atomic E-state index is 10.9. The van der Waals surface area contributed by atoms with Gasteiger partial charge in [-0.15, -0.1) is 0 Å². The molecule has 0 saturated carbocycles. The van der Waals surface area contributed by atoms with Gasteiger partial charge in [-0.2, -0.15) is 0 Å². The average molecular weight is 264 g/mol. The molecule has 1 aromatic rings. The fourth-order valence-electron chi connectivity index (χ4n) is 2.30. The molecule has 1 N–H and O–H groups in total. The topological polar surface area (TPSA) is 69.6 Å². The Bertz CT molecular complexity index is 456. The third-order valence-corrected chi connectivity index (χ3v) is 3.39. The lowest BCUT2D eigenvalue weighted by Crippen LogP contribution is -2.47. The van der Waals surface area contributed by atoms with Gasteiger partial charge in [0.05, 0.1) is 11.3 Å². The molecule has 1 saturated heterocycles. The lowest BCUT2D eigenvalue weighted by Gasteiger charge is -2.34. The van der Waals surface area contributed by atoms with Crippen molar-refractivity contribution in [1.82, 2.24) is 14.9 Å². The first-order valence-electron chi connectivity index (χ1n) is 6.66. The van der Waals surface area contributed by atoms with E-state index in [0.29, 0.717) is 11.6 Å². The van der Waals surface area contributed by atoms with Crippen LogP contribution in [0.5, 0.6) is 0 Å². The minimum atomic E-state index is -0.975. The summed E-state index contributed by atoms with van der Waals surface area (Å²) in [5, 5.41) is 8.96. The van der Waals surface area contributed by atoms with Gasteiger partial charge in [0.25, 0.3) is 0 Å². The van der Waals surface area contributed by atoms with Crippen LogP contribution in [0.1, 0.15) is 29.4 Å². The Hall–Kier alpha value is -1.69. The van der Waals surface area contributed by atoms with Gasteiger partial charge in [-0.05, 0) is 19.9 Å². The van der Waals surface area contributed by atoms with Crippen LogP contribution in [0.2, 0.25) is 0 Å². The highest BCUT2D eigenvalue weighted by atomic mass is 16.4. The molecular weight excluding hydrogens is 244 g/mol. The normalized spacial score (nSPS) is 16.6. The van der Waals surface area contributed by atoms with Crippen molar-refractivity contribution < 1.29 is 9.90 Å². The Morgan fingerprint density at radius 3 is 2.58 bits per heavy atom. The predicted octanol–water partition coefficient (Wildman–Crippen LogP) is 1.02. The number of aromatic carboxylic acids is 1. The van der Waals surface area contributed by atoms with Crippen molar-refractivity contribution in [3.8, 4) is 0 Å². The second-order valence-electron chi connectivity index (χ2n) is 4.80. The van der Waals surface area contributed by atoms with Crippen LogP contribution in [-0.4, -0.2) is 58.7 Å². The summed E-state index contributed by atoms with van der Waals surface area (Å²) in [6.07, 6.45) is 2.57. The van der Waals surface area contributed by atoms with E-state index in [9.17, 15) is 4.79 Å². The molecule has 0 spiro atoms. The summed E-state index contributed by atoms with van der Waals surface area (Å²) in [5.41, 5.74) is 0.696. The van der Waals surface area contributed by atoms with Gasteiger partial charge >= 0.3 is 5.97 Å². The van der Waals surface area contributed by atoms with Gasteiger partial charge < -0.3 is 10.0 Å². The molecule has 104 valence electrons. The molecule has 0 radical (unpaired) electrons. The molecule has 1 fully saturated rings. The standard InChI is InChI=1S/C13H20N4O2/c1-3-4-16-5-7-17(8-6-16)13-14-9-11(12(18)19)10(2)15-13/h9H,3-8H2,1-2H3,(H,18,19). The number of anilines is 1. The van der Waals surface area contributed by atoms with Crippen LogP contribution in [0, 0.1) is 6.92 Å². The molecule has 2 heterocycles. The molecule has 6 heteroatoms. The summed E-state index contributed by atoms with van der Waals surface area (Å²) >= 11 is 0.